The minimum absolute atomic E-state index is 0.0678. The average Bonchev–Trinajstić information content (AvgIpc) is 3.28. The van der Waals surface area contributed by atoms with Gasteiger partial charge in [0.25, 0.3) is 0 Å². The maximum atomic E-state index is 13.1. The molecule has 1 aromatic heterocycles. The molecule has 5 heteroatoms. The van der Waals surface area contributed by atoms with E-state index < -0.39 is 0 Å². The van der Waals surface area contributed by atoms with E-state index in [1.54, 1.807) is 0 Å². The summed E-state index contributed by atoms with van der Waals surface area (Å²) in [6, 6.07) is 15.6. The molecule has 5 rings (SSSR count). The molecule has 5 nitrogen and oxygen atoms in total. The summed E-state index contributed by atoms with van der Waals surface area (Å²) >= 11 is 0. The Morgan fingerprint density at radius 1 is 1.10 bits per heavy atom. The van der Waals surface area contributed by atoms with Gasteiger partial charge in [-0.3, -0.25) is 9.88 Å². The number of amides is 2. The van der Waals surface area contributed by atoms with Crippen molar-refractivity contribution in [3.63, 3.8) is 0 Å². The van der Waals surface area contributed by atoms with Gasteiger partial charge in [0, 0.05) is 36.8 Å². The standard InChI is InChI=1S/C26H34N4O/c1-20-7-6-11-23(27-20)18-29-15-13-26(14-16-29)19-30(17-21-8-2-5-12-24(21)26)25(31)28-22-9-3-4-10-22/h2,5-8,11-12,22H,3-4,9-10,13-19H2,1H3,(H,28,31). The van der Waals surface area contributed by atoms with Gasteiger partial charge in [-0.2, -0.15) is 0 Å². The van der Waals surface area contributed by atoms with E-state index in [2.05, 4.69) is 69.5 Å². The van der Waals surface area contributed by atoms with Crippen LogP contribution in [0.2, 0.25) is 0 Å². The zero-order valence-electron chi connectivity index (χ0n) is 18.6. The van der Waals surface area contributed by atoms with Crippen LogP contribution in [-0.4, -0.2) is 46.5 Å². The van der Waals surface area contributed by atoms with Crippen LogP contribution in [0.3, 0.4) is 0 Å². The van der Waals surface area contributed by atoms with Crippen molar-refractivity contribution in [2.45, 2.75) is 70.0 Å². The molecule has 1 saturated carbocycles. The van der Waals surface area contributed by atoms with Gasteiger partial charge in [-0.25, -0.2) is 4.79 Å². The fourth-order valence-electron chi connectivity index (χ4n) is 5.85. The van der Waals surface area contributed by atoms with Crippen molar-refractivity contribution in [3.8, 4) is 0 Å². The van der Waals surface area contributed by atoms with Crippen LogP contribution >= 0.6 is 0 Å². The molecule has 2 fully saturated rings. The molecule has 0 bridgehead atoms. The third kappa shape index (κ3) is 4.33. The van der Waals surface area contributed by atoms with Gasteiger partial charge in [-0.05, 0) is 69.0 Å². The Morgan fingerprint density at radius 2 is 1.87 bits per heavy atom. The van der Waals surface area contributed by atoms with Crippen molar-refractivity contribution in [3.05, 3.63) is 65.0 Å². The molecule has 1 aromatic carbocycles. The van der Waals surface area contributed by atoms with E-state index in [-0.39, 0.29) is 11.4 Å². The number of urea groups is 1. The van der Waals surface area contributed by atoms with Crippen LogP contribution in [0, 0.1) is 6.92 Å². The van der Waals surface area contributed by atoms with Crippen LogP contribution in [0.5, 0.6) is 0 Å². The largest absolute Gasteiger partial charge is 0.335 e. The molecule has 31 heavy (non-hydrogen) atoms. The van der Waals surface area contributed by atoms with Crippen molar-refractivity contribution in [2.24, 2.45) is 0 Å². The van der Waals surface area contributed by atoms with Gasteiger partial charge in [0.1, 0.15) is 0 Å². The summed E-state index contributed by atoms with van der Waals surface area (Å²) in [5.74, 6) is 0. The summed E-state index contributed by atoms with van der Waals surface area (Å²) in [5, 5.41) is 3.32. The number of aryl methyl sites for hydroxylation is 1. The minimum atomic E-state index is 0.0678. The third-order valence-corrected chi connectivity index (χ3v) is 7.56. The Bertz CT molecular complexity index is 929. The average molecular weight is 419 g/mol. The first-order valence-electron chi connectivity index (χ1n) is 11.9. The van der Waals surface area contributed by atoms with E-state index in [9.17, 15) is 4.79 Å². The molecule has 1 aliphatic carbocycles. The number of likely N-dealkylation sites (tertiary alicyclic amines) is 1. The summed E-state index contributed by atoms with van der Waals surface area (Å²) in [4.78, 5) is 22.4. The second-order valence-corrected chi connectivity index (χ2v) is 9.77. The summed E-state index contributed by atoms with van der Waals surface area (Å²) in [6.07, 6.45) is 6.91. The number of benzene rings is 1. The first kappa shape index (κ1) is 20.5. The summed E-state index contributed by atoms with van der Waals surface area (Å²) < 4.78 is 0. The lowest BCUT2D eigenvalue weighted by molar-refractivity contribution is 0.103. The highest BCUT2D eigenvalue weighted by Crippen LogP contribution is 2.42. The Morgan fingerprint density at radius 3 is 2.65 bits per heavy atom. The number of nitrogens with zero attached hydrogens (tertiary/aromatic N) is 3. The maximum Gasteiger partial charge on any atom is 0.317 e. The fourth-order valence-corrected chi connectivity index (χ4v) is 5.85. The molecular weight excluding hydrogens is 384 g/mol. The highest BCUT2D eigenvalue weighted by atomic mass is 16.2. The van der Waals surface area contributed by atoms with Gasteiger partial charge >= 0.3 is 6.03 Å². The molecule has 2 aliphatic heterocycles. The number of carbonyl (C=O) groups excluding carboxylic acids is 1. The van der Waals surface area contributed by atoms with E-state index in [1.165, 1.54) is 24.0 Å². The van der Waals surface area contributed by atoms with Gasteiger partial charge in [-0.15, -0.1) is 0 Å². The van der Waals surface area contributed by atoms with Crippen molar-refractivity contribution < 1.29 is 4.79 Å². The van der Waals surface area contributed by atoms with Crippen LogP contribution in [0.4, 0.5) is 4.79 Å². The number of hydrogen-bond acceptors (Lipinski definition) is 3. The zero-order chi connectivity index (χ0) is 21.3. The summed E-state index contributed by atoms with van der Waals surface area (Å²) in [7, 11) is 0. The Labute approximate surface area is 185 Å². The first-order chi connectivity index (χ1) is 15.1. The van der Waals surface area contributed by atoms with Crippen LogP contribution in [0.15, 0.2) is 42.5 Å². The number of fused-ring (bicyclic) bond motifs is 2. The first-order valence-corrected chi connectivity index (χ1v) is 11.9. The van der Waals surface area contributed by atoms with Gasteiger partial charge in [0.2, 0.25) is 0 Å². The van der Waals surface area contributed by atoms with Gasteiger partial charge in [0.05, 0.1) is 5.69 Å². The predicted molar refractivity (Wildman–Crippen MR) is 123 cm³/mol. The summed E-state index contributed by atoms with van der Waals surface area (Å²) in [5.41, 5.74) is 5.09. The number of pyridine rings is 1. The lowest BCUT2D eigenvalue weighted by Crippen LogP contribution is -2.55. The molecule has 3 heterocycles. The maximum absolute atomic E-state index is 13.1. The van der Waals surface area contributed by atoms with E-state index in [1.807, 2.05) is 0 Å². The molecule has 0 atom stereocenters. The molecule has 0 unspecified atom stereocenters. The topological polar surface area (TPSA) is 48.5 Å². The van der Waals surface area contributed by atoms with Crippen LogP contribution in [-0.2, 0) is 18.5 Å². The molecule has 2 aromatic rings. The number of aromatic nitrogens is 1. The monoisotopic (exact) mass is 418 g/mol. The van der Waals surface area contributed by atoms with Gasteiger partial charge in [-0.1, -0.05) is 43.2 Å². The molecule has 2 amide bonds. The van der Waals surface area contributed by atoms with Crippen LogP contribution in [0.25, 0.3) is 0 Å². The normalized spacial score (nSPS) is 21.3. The molecule has 1 spiro atoms. The second-order valence-electron chi connectivity index (χ2n) is 9.77. The van der Waals surface area contributed by atoms with Gasteiger partial charge in [0.15, 0.2) is 0 Å². The van der Waals surface area contributed by atoms with E-state index in [0.717, 1.165) is 69.8 Å². The van der Waals surface area contributed by atoms with E-state index >= 15 is 0 Å². The van der Waals surface area contributed by atoms with Gasteiger partial charge < -0.3 is 10.2 Å². The highest BCUT2D eigenvalue weighted by Gasteiger charge is 2.43. The Balaban J connectivity index is 1.30. The smallest absolute Gasteiger partial charge is 0.317 e. The SMILES string of the molecule is Cc1cccc(CN2CCC3(CC2)CN(C(=O)NC2CCCC2)Cc2ccccc23)n1. The number of nitrogens with one attached hydrogen (secondary N) is 1. The van der Waals surface area contributed by atoms with Crippen molar-refractivity contribution >= 4 is 6.03 Å². The number of piperidine rings is 1. The number of carbonyl (C=O) groups is 1. The number of rotatable bonds is 3. The predicted octanol–water partition coefficient (Wildman–Crippen LogP) is 4.39. The lowest BCUT2D eigenvalue weighted by Gasteiger charge is -2.48. The van der Waals surface area contributed by atoms with Crippen molar-refractivity contribution in [1.82, 2.24) is 20.1 Å². The third-order valence-electron chi connectivity index (χ3n) is 7.56. The summed E-state index contributed by atoms with van der Waals surface area (Å²) in [6.45, 7) is 6.61. The van der Waals surface area contributed by atoms with E-state index in [4.69, 9.17) is 0 Å². The minimum Gasteiger partial charge on any atom is -0.335 e. The molecule has 1 saturated heterocycles. The molecular formula is C26H34N4O. The Kier molecular flexibility index (Phi) is 5.70. The number of hydrogen-bond donors (Lipinski definition) is 1. The van der Waals surface area contributed by atoms with Crippen molar-refractivity contribution in [2.75, 3.05) is 19.6 Å². The molecule has 0 radical (unpaired) electrons. The fraction of sp³-hybridized carbons (Fsp3) is 0.538. The lowest BCUT2D eigenvalue weighted by atomic mass is 9.69. The Hall–Kier alpha value is -2.40. The van der Waals surface area contributed by atoms with E-state index in [0.29, 0.717) is 6.04 Å². The molecule has 164 valence electrons. The molecule has 1 N–H and O–H groups in total. The second kappa shape index (κ2) is 8.62. The van der Waals surface area contributed by atoms with Crippen LogP contribution in [0.1, 0.15) is 61.0 Å². The van der Waals surface area contributed by atoms with Crippen LogP contribution < -0.4 is 5.32 Å². The quantitative estimate of drug-likeness (QED) is 0.804. The highest BCUT2D eigenvalue weighted by molar-refractivity contribution is 5.75. The molecule has 3 aliphatic rings. The van der Waals surface area contributed by atoms with Crippen molar-refractivity contribution in [1.29, 1.82) is 0 Å². The zero-order valence-corrected chi connectivity index (χ0v) is 18.6.